The van der Waals surface area contributed by atoms with Crippen LogP contribution in [0.4, 0.5) is 15.8 Å². The number of nitrogens with zero attached hydrogens (tertiary/aromatic N) is 2. The van der Waals surface area contributed by atoms with Gasteiger partial charge in [0.15, 0.2) is 0 Å². The van der Waals surface area contributed by atoms with Gasteiger partial charge < -0.3 is 10.6 Å². The van der Waals surface area contributed by atoms with Gasteiger partial charge in [-0.2, -0.15) is 0 Å². The summed E-state index contributed by atoms with van der Waals surface area (Å²) in [6.45, 7) is 0.799. The van der Waals surface area contributed by atoms with Gasteiger partial charge in [-0.1, -0.05) is 0 Å². The first-order valence-corrected chi connectivity index (χ1v) is 5.81. The molecule has 1 aromatic heterocycles. The number of anilines is 2. The molecule has 0 aliphatic rings. The van der Waals surface area contributed by atoms with Crippen molar-refractivity contribution in [1.82, 2.24) is 4.98 Å². The number of hydrogen-bond acceptors (Lipinski definition) is 3. The van der Waals surface area contributed by atoms with Crippen molar-refractivity contribution >= 4 is 11.4 Å². The van der Waals surface area contributed by atoms with Crippen molar-refractivity contribution in [2.24, 2.45) is 0 Å². The average molecular weight is 245 g/mol. The zero-order valence-corrected chi connectivity index (χ0v) is 10.3. The molecule has 1 heterocycles. The lowest BCUT2D eigenvalue weighted by atomic mass is 10.2. The van der Waals surface area contributed by atoms with Crippen LogP contribution in [0.1, 0.15) is 5.56 Å². The fourth-order valence-corrected chi connectivity index (χ4v) is 1.79. The van der Waals surface area contributed by atoms with Gasteiger partial charge in [0.05, 0.1) is 0 Å². The predicted octanol–water partition coefficient (Wildman–Crippen LogP) is 2.48. The molecule has 0 fully saturated rings. The van der Waals surface area contributed by atoms with Gasteiger partial charge in [0, 0.05) is 37.4 Å². The summed E-state index contributed by atoms with van der Waals surface area (Å²) < 4.78 is 13.2. The standard InChI is InChI=1S/C14H16FN3/c1-18(7-4-11-2-5-17-6-3-11)14-9-12(15)8-13(16)10-14/h2-3,5-6,8-10H,4,7,16H2,1H3. The van der Waals surface area contributed by atoms with E-state index in [-0.39, 0.29) is 5.82 Å². The zero-order valence-electron chi connectivity index (χ0n) is 10.3. The maximum atomic E-state index is 13.2. The molecule has 2 N–H and O–H groups in total. The van der Waals surface area contributed by atoms with Crippen molar-refractivity contribution in [1.29, 1.82) is 0 Å². The Balaban J connectivity index is 2.01. The number of likely N-dealkylation sites (N-methyl/N-ethyl adjacent to an activating group) is 1. The van der Waals surface area contributed by atoms with E-state index in [1.165, 1.54) is 17.7 Å². The van der Waals surface area contributed by atoms with E-state index < -0.39 is 0 Å². The van der Waals surface area contributed by atoms with E-state index in [9.17, 15) is 4.39 Å². The number of hydrogen-bond donors (Lipinski definition) is 1. The number of halogens is 1. The predicted molar refractivity (Wildman–Crippen MR) is 72.0 cm³/mol. The van der Waals surface area contributed by atoms with E-state index in [0.717, 1.165) is 18.7 Å². The number of benzene rings is 1. The first kappa shape index (κ1) is 12.4. The summed E-state index contributed by atoms with van der Waals surface area (Å²) in [7, 11) is 1.93. The van der Waals surface area contributed by atoms with Crippen LogP contribution in [0.2, 0.25) is 0 Å². The molecule has 0 radical (unpaired) electrons. The second-order valence-electron chi connectivity index (χ2n) is 4.27. The highest BCUT2D eigenvalue weighted by Crippen LogP contribution is 2.19. The molecule has 0 aliphatic carbocycles. The van der Waals surface area contributed by atoms with Crippen molar-refractivity contribution in [3.63, 3.8) is 0 Å². The summed E-state index contributed by atoms with van der Waals surface area (Å²) in [4.78, 5) is 5.96. The van der Waals surface area contributed by atoms with Crippen LogP contribution >= 0.6 is 0 Å². The quantitative estimate of drug-likeness (QED) is 0.841. The van der Waals surface area contributed by atoms with E-state index in [1.807, 2.05) is 24.1 Å². The van der Waals surface area contributed by atoms with Gasteiger partial charge in [0.1, 0.15) is 5.82 Å². The van der Waals surface area contributed by atoms with Crippen molar-refractivity contribution in [2.75, 3.05) is 24.2 Å². The van der Waals surface area contributed by atoms with E-state index >= 15 is 0 Å². The van der Waals surface area contributed by atoms with E-state index in [2.05, 4.69) is 4.98 Å². The Morgan fingerprint density at radius 1 is 1.22 bits per heavy atom. The Morgan fingerprint density at radius 2 is 1.94 bits per heavy atom. The molecule has 0 atom stereocenters. The Kier molecular flexibility index (Phi) is 3.77. The third kappa shape index (κ3) is 3.20. The van der Waals surface area contributed by atoms with Gasteiger partial charge in [0.2, 0.25) is 0 Å². The summed E-state index contributed by atoms with van der Waals surface area (Å²) in [5.74, 6) is -0.305. The highest BCUT2D eigenvalue weighted by molar-refractivity contribution is 5.56. The van der Waals surface area contributed by atoms with Gasteiger partial charge in [-0.3, -0.25) is 4.98 Å². The topological polar surface area (TPSA) is 42.2 Å². The van der Waals surface area contributed by atoms with Crippen LogP contribution < -0.4 is 10.6 Å². The fourth-order valence-electron chi connectivity index (χ4n) is 1.79. The molecular weight excluding hydrogens is 229 g/mol. The van der Waals surface area contributed by atoms with Crippen molar-refractivity contribution < 1.29 is 4.39 Å². The Labute approximate surface area is 106 Å². The molecule has 0 bridgehead atoms. The van der Waals surface area contributed by atoms with Gasteiger partial charge in [-0.25, -0.2) is 4.39 Å². The summed E-state index contributed by atoms with van der Waals surface area (Å²) in [6.07, 6.45) is 4.43. The summed E-state index contributed by atoms with van der Waals surface area (Å²) >= 11 is 0. The average Bonchev–Trinajstić information content (AvgIpc) is 2.36. The SMILES string of the molecule is CN(CCc1ccncc1)c1cc(N)cc(F)c1. The zero-order chi connectivity index (χ0) is 13.0. The molecule has 3 nitrogen and oxygen atoms in total. The Hall–Kier alpha value is -2.10. The largest absolute Gasteiger partial charge is 0.399 e. The lowest BCUT2D eigenvalue weighted by Crippen LogP contribution is -2.20. The summed E-state index contributed by atoms with van der Waals surface area (Å²) in [6, 6.07) is 8.54. The third-order valence-corrected chi connectivity index (χ3v) is 2.83. The van der Waals surface area contributed by atoms with Crippen LogP contribution in [0, 0.1) is 5.82 Å². The van der Waals surface area contributed by atoms with Crippen LogP contribution in [0.15, 0.2) is 42.7 Å². The molecule has 18 heavy (non-hydrogen) atoms. The molecule has 0 spiro atoms. The van der Waals surface area contributed by atoms with E-state index in [1.54, 1.807) is 18.5 Å². The monoisotopic (exact) mass is 245 g/mol. The minimum Gasteiger partial charge on any atom is -0.399 e. The highest BCUT2D eigenvalue weighted by atomic mass is 19.1. The molecular formula is C14H16FN3. The second kappa shape index (κ2) is 5.49. The first-order chi connectivity index (χ1) is 8.65. The van der Waals surface area contributed by atoms with Crippen LogP contribution in [-0.2, 0) is 6.42 Å². The summed E-state index contributed by atoms with van der Waals surface area (Å²) in [5, 5.41) is 0. The molecule has 0 amide bonds. The minimum absolute atomic E-state index is 0.305. The van der Waals surface area contributed by atoms with E-state index in [4.69, 9.17) is 5.73 Å². The maximum absolute atomic E-state index is 13.2. The molecule has 0 unspecified atom stereocenters. The molecule has 0 saturated heterocycles. The fraction of sp³-hybridized carbons (Fsp3) is 0.214. The third-order valence-electron chi connectivity index (χ3n) is 2.83. The number of pyridine rings is 1. The van der Waals surface area contributed by atoms with E-state index in [0.29, 0.717) is 5.69 Å². The van der Waals surface area contributed by atoms with Gasteiger partial charge in [-0.05, 0) is 42.3 Å². The molecule has 0 aliphatic heterocycles. The molecule has 2 rings (SSSR count). The summed E-state index contributed by atoms with van der Waals surface area (Å²) in [5.41, 5.74) is 8.08. The Morgan fingerprint density at radius 3 is 2.61 bits per heavy atom. The van der Waals surface area contributed by atoms with Crippen molar-refractivity contribution in [3.8, 4) is 0 Å². The lowest BCUT2D eigenvalue weighted by molar-refractivity contribution is 0.628. The number of aromatic nitrogens is 1. The molecule has 2 aromatic rings. The highest BCUT2D eigenvalue weighted by Gasteiger charge is 2.04. The first-order valence-electron chi connectivity index (χ1n) is 5.81. The van der Waals surface area contributed by atoms with Gasteiger partial charge in [-0.15, -0.1) is 0 Å². The van der Waals surface area contributed by atoms with Crippen LogP contribution in [0.25, 0.3) is 0 Å². The molecule has 94 valence electrons. The van der Waals surface area contributed by atoms with Crippen LogP contribution in [0.3, 0.4) is 0 Å². The molecule has 0 saturated carbocycles. The molecule has 1 aromatic carbocycles. The van der Waals surface area contributed by atoms with Gasteiger partial charge in [0.25, 0.3) is 0 Å². The van der Waals surface area contributed by atoms with Crippen LogP contribution in [0.5, 0.6) is 0 Å². The van der Waals surface area contributed by atoms with Crippen molar-refractivity contribution in [3.05, 3.63) is 54.1 Å². The number of rotatable bonds is 4. The second-order valence-corrected chi connectivity index (χ2v) is 4.27. The van der Waals surface area contributed by atoms with Crippen molar-refractivity contribution in [2.45, 2.75) is 6.42 Å². The number of nitrogens with two attached hydrogens (primary N) is 1. The smallest absolute Gasteiger partial charge is 0.127 e. The van der Waals surface area contributed by atoms with Gasteiger partial charge >= 0.3 is 0 Å². The number of nitrogen functional groups attached to an aromatic ring is 1. The molecule has 4 heteroatoms. The van der Waals surface area contributed by atoms with Crippen LogP contribution in [-0.4, -0.2) is 18.6 Å². The minimum atomic E-state index is -0.305. The maximum Gasteiger partial charge on any atom is 0.127 e. The lowest BCUT2D eigenvalue weighted by Gasteiger charge is -2.19. The Bertz CT molecular complexity index is 493. The normalized spacial score (nSPS) is 10.3.